The SMILES string of the molecule is CC(N)CNC(C)Cc1ccccc1C(F)(F)F. The van der Waals surface area contributed by atoms with E-state index in [9.17, 15) is 13.2 Å². The zero-order valence-electron chi connectivity index (χ0n) is 10.6. The van der Waals surface area contributed by atoms with Crippen LogP contribution < -0.4 is 11.1 Å². The summed E-state index contributed by atoms with van der Waals surface area (Å²) in [6.07, 6.45) is -3.96. The third kappa shape index (κ3) is 4.66. The third-order valence-electron chi connectivity index (χ3n) is 2.64. The van der Waals surface area contributed by atoms with E-state index in [-0.39, 0.29) is 12.1 Å². The first-order chi connectivity index (χ1) is 8.30. The van der Waals surface area contributed by atoms with E-state index in [1.54, 1.807) is 6.07 Å². The molecule has 0 radical (unpaired) electrons. The highest BCUT2D eigenvalue weighted by molar-refractivity contribution is 5.30. The van der Waals surface area contributed by atoms with Gasteiger partial charge in [-0.1, -0.05) is 18.2 Å². The summed E-state index contributed by atoms with van der Waals surface area (Å²) in [6.45, 7) is 4.30. The fourth-order valence-electron chi connectivity index (χ4n) is 1.76. The van der Waals surface area contributed by atoms with Crippen LogP contribution in [0.25, 0.3) is 0 Å². The molecule has 0 bridgehead atoms. The van der Waals surface area contributed by atoms with Crippen molar-refractivity contribution in [1.82, 2.24) is 5.32 Å². The monoisotopic (exact) mass is 260 g/mol. The lowest BCUT2D eigenvalue weighted by Crippen LogP contribution is -2.37. The normalized spacial score (nSPS) is 15.4. The molecule has 2 unspecified atom stereocenters. The van der Waals surface area contributed by atoms with Gasteiger partial charge < -0.3 is 11.1 Å². The van der Waals surface area contributed by atoms with E-state index in [4.69, 9.17) is 5.73 Å². The van der Waals surface area contributed by atoms with E-state index >= 15 is 0 Å². The van der Waals surface area contributed by atoms with Crippen molar-refractivity contribution < 1.29 is 13.2 Å². The lowest BCUT2D eigenvalue weighted by molar-refractivity contribution is -0.138. The highest BCUT2D eigenvalue weighted by Gasteiger charge is 2.32. The number of halogens is 3. The van der Waals surface area contributed by atoms with Gasteiger partial charge in [-0.3, -0.25) is 0 Å². The third-order valence-corrected chi connectivity index (χ3v) is 2.64. The molecule has 0 fully saturated rings. The van der Waals surface area contributed by atoms with Crippen molar-refractivity contribution in [3.63, 3.8) is 0 Å². The van der Waals surface area contributed by atoms with Crippen molar-refractivity contribution >= 4 is 0 Å². The molecular weight excluding hydrogens is 241 g/mol. The molecule has 0 aliphatic carbocycles. The second kappa shape index (κ2) is 6.20. The Hall–Kier alpha value is -1.07. The molecule has 1 rings (SSSR count). The Balaban J connectivity index is 2.72. The predicted molar refractivity (Wildman–Crippen MR) is 66.3 cm³/mol. The van der Waals surface area contributed by atoms with E-state index in [1.807, 2.05) is 13.8 Å². The summed E-state index contributed by atoms with van der Waals surface area (Å²) in [7, 11) is 0. The highest BCUT2D eigenvalue weighted by atomic mass is 19.4. The second-order valence-electron chi connectivity index (χ2n) is 4.65. The molecule has 0 aromatic heterocycles. The number of rotatable bonds is 5. The first kappa shape index (κ1) is 15.0. The van der Waals surface area contributed by atoms with Gasteiger partial charge in [0.15, 0.2) is 0 Å². The first-order valence-electron chi connectivity index (χ1n) is 5.94. The molecule has 0 amide bonds. The lowest BCUT2D eigenvalue weighted by Gasteiger charge is -2.18. The Morgan fingerprint density at radius 3 is 2.39 bits per heavy atom. The average Bonchev–Trinajstić information content (AvgIpc) is 2.25. The van der Waals surface area contributed by atoms with Gasteiger partial charge in [0, 0.05) is 18.6 Å². The Bertz CT molecular complexity index is 375. The molecule has 102 valence electrons. The van der Waals surface area contributed by atoms with Gasteiger partial charge in [-0.2, -0.15) is 13.2 Å². The van der Waals surface area contributed by atoms with E-state index < -0.39 is 11.7 Å². The summed E-state index contributed by atoms with van der Waals surface area (Å²) < 4.78 is 38.3. The van der Waals surface area contributed by atoms with Gasteiger partial charge in [0.2, 0.25) is 0 Å². The van der Waals surface area contributed by atoms with Crippen LogP contribution in [0.2, 0.25) is 0 Å². The summed E-state index contributed by atoms with van der Waals surface area (Å²) in [5, 5.41) is 3.12. The van der Waals surface area contributed by atoms with Crippen LogP contribution in [0.4, 0.5) is 13.2 Å². The largest absolute Gasteiger partial charge is 0.416 e. The summed E-state index contributed by atoms with van der Waals surface area (Å²) in [6, 6.07) is 5.63. The van der Waals surface area contributed by atoms with Crippen molar-refractivity contribution in [2.45, 2.75) is 38.5 Å². The number of hydrogen-bond donors (Lipinski definition) is 2. The molecule has 5 heteroatoms. The van der Waals surface area contributed by atoms with Gasteiger partial charge in [0.1, 0.15) is 0 Å². The van der Waals surface area contributed by atoms with E-state index in [0.717, 1.165) is 6.07 Å². The molecule has 1 aromatic carbocycles. The molecule has 2 atom stereocenters. The number of alkyl halides is 3. The standard InChI is InChI=1S/C13H19F3N2/c1-9(17)8-18-10(2)7-11-5-3-4-6-12(11)13(14,15)16/h3-6,9-10,18H,7-8,17H2,1-2H3. The van der Waals surface area contributed by atoms with E-state index in [0.29, 0.717) is 18.5 Å². The van der Waals surface area contributed by atoms with Crippen LogP contribution in [0.5, 0.6) is 0 Å². The maximum absolute atomic E-state index is 12.8. The first-order valence-corrected chi connectivity index (χ1v) is 5.94. The zero-order valence-corrected chi connectivity index (χ0v) is 10.6. The van der Waals surface area contributed by atoms with Crippen molar-refractivity contribution in [2.75, 3.05) is 6.54 Å². The Morgan fingerprint density at radius 2 is 1.83 bits per heavy atom. The van der Waals surface area contributed by atoms with Gasteiger partial charge in [-0.25, -0.2) is 0 Å². The average molecular weight is 260 g/mol. The van der Waals surface area contributed by atoms with E-state index in [2.05, 4.69) is 5.32 Å². The van der Waals surface area contributed by atoms with Gasteiger partial charge in [0.25, 0.3) is 0 Å². The Labute approximate surface area is 105 Å². The number of nitrogens with two attached hydrogens (primary N) is 1. The molecule has 0 heterocycles. The smallest absolute Gasteiger partial charge is 0.327 e. The molecule has 0 saturated carbocycles. The van der Waals surface area contributed by atoms with Crippen molar-refractivity contribution in [3.8, 4) is 0 Å². The summed E-state index contributed by atoms with van der Waals surface area (Å²) in [5.41, 5.74) is 5.35. The number of hydrogen-bond acceptors (Lipinski definition) is 2. The molecule has 18 heavy (non-hydrogen) atoms. The fourth-order valence-corrected chi connectivity index (χ4v) is 1.76. The topological polar surface area (TPSA) is 38.0 Å². The fraction of sp³-hybridized carbons (Fsp3) is 0.538. The van der Waals surface area contributed by atoms with Gasteiger partial charge >= 0.3 is 6.18 Å². The van der Waals surface area contributed by atoms with Crippen LogP contribution in [0, 0.1) is 0 Å². The van der Waals surface area contributed by atoms with Gasteiger partial charge in [0.05, 0.1) is 5.56 Å². The minimum atomic E-state index is -4.29. The molecule has 0 spiro atoms. The second-order valence-corrected chi connectivity index (χ2v) is 4.65. The summed E-state index contributed by atoms with van der Waals surface area (Å²) in [5.74, 6) is 0. The van der Waals surface area contributed by atoms with Crippen molar-refractivity contribution in [1.29, 1.82) is 0 Å². The molecule has 1 aromatic rings. The van der Waals surface area contributed by atoms with Crippen LogP contribution in [0.15, 0.2) is 24.3 Å². The minimum absolute atomic E-state index is 0.00897. The number of nitrogens with one attached hydrogen (secondary N) is 1. The lowest BCUT2D eigenvalue weighted by atomic mass is 10.0. The molecule has 3 N–H and O–H groups in total. The Morgan fingerprint density at radius 1 is 1.22 bits per heavy atom. The van der Waals surface area contributed by atoms with Gasteiger partial charge in [-0.05, 0) is 31.9 Å². The van der Waals surface area contributed by atoms with Crippen LogP contribution in [0.3, 0.4) is 0 Å². The predicted octanol–water partition coefficient (Wildman–Crippen LogP) is 2.57. The van der Waals surface area contributed by atoms with Crippen LogP contribution >= 0.6 is 0 Å². The quantitative estimate of drug-likeness (QED) is 0.854. The van der Waals surface area contributed by atoms with Gasteiger partial charge in [-0.15, -0.1) is 0 Å². The summed E-state index contributed by atoms with van der Waals surface area (Å²) in [4.78, 5) is 0. The molecule has 0 aliphatic rings. The van der Waals surface area contributed by atoms with Crippen LogP contribution in [-0.2, 0) is 12.6 Å². The summed E-state index contributed by atoms with van der Waals surface area (Å²) >= 11 is 0. The van der Waals surface area contributed by atoms with E-state index in [1.165, 1.54) is 12.1 Å². The van der Waals surface area contributed by atoms with Crippen LogP contribution in [-0.4, -0.2) is 18.6 Å². The number of benzene rings is 1. The molecular formula is C13H19F3N2. The van der Waals surface area contributed by atoms with Crippen molar-refractivity contribution in [2.24, 2.45) is 5.73 Å². The zero-order chi connectivity index (χ0) is 13.8. The molecule has 0 aliphatic heterocycles. The highest BCUT2D eigenvalue weighted by Crippen LogP contribution is 2.32. The van der Waals surface area contributed by atoms with Crippen molar-refractivity contribution in [3.05, 3.63) is 35.4 Å². The molecule has 0 saturated heterocycles. The minimum Gasteiger partial charge on any atom is -0.327 e. The van der Waals surface area contributed by atoms with Crippen LogP contribution in [0.1, 0.15) is 25.0 Å². The molecule has 2 nitrogen and oxygen atoms in total. The maximum atomic E-state index is 12.8. The Kier molecular flexibility index (Phi) is 5.16. The maximum Gasteiger partial charge on any atom is 0.416 e.